The molecule has 0 fully saturated rings. The third-order valence-corrected chi connectivity index (χ3v) is 2.57. The zero-order valence-electron chi connectivity index (χ0n) is 10.1. The number of aliphatic hydroxyl groups is 1. The van der Waals surface area contributed by atoms with Crippen molar-refractivity contribution in [2.24, 2.45) is 5.84 Å². The Morgan fingerprint density at radius 3 is 3.00 bits per heavy atom. The van der Waals surface area contributed by atoms with Gasteiger partial charge in [0, 0.05) is 0 Å². The molecule has 2 aromatic rings. The number of rotatable bonds is 5. The standard InChI is InChI=1S/C13H14N2O4/c14-15-13(17)11-4-5-18-12(11)8-19-10-3-1-2-9(6-10)7-16/h1-6,16H,7-8,14H2,(H,15,17). The van der Waals surface area contributed by atoms with Crippen molar-refractivity contribution >= 4 is 5.91 Å². The van der Waals surface area contributed by atoms with E-state index < -0.39 is 5.91 Å². The van der Waals surface area contributed by atoms with Gasteiger partial charge in [0.1, 0.15) is 12.4 Å². The first-order valence-electron chi connectivity index (χ1n) is 5.64. The Balaban J connectivity index is 2.06. The highest BCUT2D eigenvalue weighted by Gasteiger charge is 2.13. The Bertz CT molecular complexity index is 565. The average Bonchev–Trinajstić information content (AvgIpc) is 2.93. The molecular formula is C13H14N2O4. The van der Waals surface area contributed by atoms with Crippen LogP contribution in [-0.2, 0) is 13.2 Å². The average molecular weight is 262 g/mol. The van der Waals surface area contributed by atoms with Gasteiger partial charge in [0.25, 0.3) is 5.91 Å². The van der Waals surface area contributed by atoms with Crippen LogP contribution >= 0.6 is 0 Å². The van der Waals surface area contributed by atoms with Gasteiger partial charge >= 0.3 is 0 Å². The van der Waals surface area contributed by atoms with Gasteiger partial charge in [-0.3, -0.25) is 10.2 Å². The van der Waals surface area contributed by atoms with E-state index in [9.17, 15) is 4.79 Å². The van der Waals surface area contributed by atoms with E-state index in [-0.39, 0.29) is 13.2 Å². The van der Waals surface area contributed by atoms with E-state index in [4.69, 9.17) is 20.1 Å². The zero-order chi connectivity index (χ0) is 13.7. The molecule has 1 aromatic heterocycles. The molecule has 6 heteroatoms. The summed E-state index contributed by atoms with van der Waals surface area (Å²) in [6.07, 6.45) is 1.40. The summed E-state index contributed by atoms with van der Waals surface area (Å²) in [5.41, 5.74) is 3.12. The number of furan rings is 1. The van der Waals surface area contributed by atoms with E-state index in [0.717, 1.165) is 5.56 Å². The number of carbonyl (C=O) groups is 1. The molecule has 1 aromatic carbocycles. The molecule has 4 N–H and O–H groups in total. The van der Waals surface area contributed by atoms with E-state index in [1.807, 2.05) is 5.43 Å². The van der Waals surface area contributed by atoms with Gasteiger partial charge in [0.05, 0.1) is 18.4 Å². The second-order valence-corrected chi connectivity index (χ2v) is 3.83. The van der Waals surface area contributed by atoms with Gasteiger partial charge in [0.2, 0.25) is 0 Å². The Labute approximate surface area is 109 Å². The highest BCUT2D eigenvalue weighted by atomic mass is 16.5. The lowest BCUT2D eigenvalue weighted by atomic mass is 10.2. The number of ether oxygens (including phenoxy) is 1. The van der Waals surface area contributed by atoms with Gasteiger partial charge in [-0.1, -0.05) is 12.1 Å². The number of nitrogens with two attached hydrogens (primary N) is 1. The predicted octanol–water partition coefficient (Wildman–Crippen LogP) is 0.954. The van der Waals surface area contributed by atoms with Crippen LogP contribution in [0, 0.1) is 0 Å². The van der Waals surface area contributed by atoms with E-state index in [2.05, 4.69) is 0 Å². The van der Waals surface area contributed by atoms with Crippen molar-refractivity contribution in [1.29, 1.82) is 0 Å². The lowest BCUT2D eigenvalue weighted by Crippen LogP contribution is -2.30. The molecule has 0 saturated carbocycles. The molecular weight excluding hydrogens is 248 g/mol. The molecule has 0 radical (unpaired) electrons. The minimum atomic E-state index is -0.434. The molecule has 2 rings (SSSR count). The quantitative estimate of drug-likeness (QED) is 0.423. The largest absolute Gasteiger partial charge is 0.486 e. The summed E-state index contributed by atoms with van der Waals surface area (Å²) >= 11 is 0. The fourth-order valence-corrected chi connectivity index (χ4v) is 1.61. The first-order valence-corrected chi connectivity index (χ1v) is 5.64. The highest BCUT2D eigenvalue weighted by molar-refractivity contribution is 5.94. The summed E-state index contributed by atoms with van der Waals surface area (Å²) in [6, 6.07) is 8.55. The van der Waals surface area contributed by atoms with Crippen LogP contribution in [0.4, 0.5) is 0 Å². The predicted molar refractivity (Wildman–Crippen MR) is 67.1 cm³/mol. The Hall–Kier alpha value is -2.31. The van der Waals surface area contributed by atoms with Crippen molar-refractivity contribution in [3.8, 4) is 5.75 Å². The molecule has 6 nitrogen and oxygen atoms in total. The molecule has 100 valence electrons. The van der Waals surface area contributed by atoms with Crippen LogP contribution in [0.5, 0.6) is 5.75 Å². The zero-order valence-corrected chi connectivity index (χ0v) is 10.1. The maximum atomic E-state index is 11.4. The highest BCUT2D eigenvalue weighted by Crippen LogP contribution is 2.17. The van der Waals surface area contributed by atoms with Gasteiger partial charge in [-0.05, 0) is 23.8 Å². The molecule has 0 saturated heterocycles. The van der Waals surface area contributed by atoms with Gasteiger partial charge < -0.3 is 14.3 Å². The third kappa shape index (κ3) is 3.12. The van der Waals surface area contributed by atoms with E-state index >= 15 is 0 Å². The SMILES string of the molecule is NNC(=O)c1ccoc1COc1cccc(CO)c1. The molecule has 1 amide bonds. The maximum Gasteiger partial charge on any atom is 0.268 e. The van der Waals surface area contributed by atoms with E-state index in [1.165, 1.54) is 12.3 Å². The van der Waals surface area contributed by atoms with Crippen LogP contribution in [0.3, 0.4) is 0 Å². The second kappa shape index (κ2) is 6.03. The number of hydrogen-bond donors (Lipinski definition) is 3. The van der Waals surface area contributed by atoms with Crippen LogP contribution in [0.1, 0.15) is 21.7 Å². The summed E-state index contributed by atoms with van der Waals surface area (Å²) in [4.78, 5) is 11.4. The molecule has 0 aliphatic rings. The number of hydrogen-bond acceptors (Lipinski definition) is 5. The number of amides is 1. The third-order valence-electron chi connectivity index (χ3n) is 2.57. The Morgan fingerprint density at radius 2 is 2.26 bits per heavy atom. The molecule has 0 aliphatic carbocycles. The number of carbonyl (C=O) groups excluding carboxylic acids is 1. The number of nitrogen functional groups attached to an aromatic ring is 1. The van der Waals surface area contributed by atoms with E-state index in [1.54, 1.807) is 24.3 Å². The Kier molecular flexibility index (Phi) is 4.17. The molecule has 19 heavy (non-hydrogen) atoms. The molecule has 0 spiro atoms. The second-order valence-electron chi connectivity index (χ2n) is 3.83. The summed E-state index contributed by atoms with van der Waals surface area (Å²) in [5.74, 6) is 5.61. The van der Waals surface area contributed by atoms with Crippen LogP contribution < -0.4 is 16.0 Å². The van der Waals surface area contributed by atoms with Crippen molar-refractivity contribution in [3.05, 3.63) is 53.5 Å². The van der Waals surface area contributed by atoms with Crippen LogP contribution in [-0.4, -0.2) is 11.0 Å². The molecule has 0 aliphatic heterocycles. The van der Waals surface area contributed by atoms with Crippen LogP contribution in [0.2, 0.25) is 0 Å². The Morgan fingerprint density at radius 1 is 1.42 bits per heavy atom. The number of nitrogens with one attached hydrogen (secondary N) is 1. The van der Waals surface area contributed by atoms with Gasteiger partial charge in [-0.15, -0.1) is 0 Å². The van der Waals surface area contributed by atoms with Gasteiger partial charge in [-0.25, -0.2) is 5.84 Å². The first-order chi connectivity index (χ1) is 9.24. The maximum absolute atomic E-state index is 11.4. The smallest absolute Gasteiger partial charge is 0.268 e. The number of aliphatic hydroxyl groups excluding tert-OH is 1. The summed E-state index contributed by atoms with van der Waals surface area (Å²) in [6.45, 7) is 0.0451. The topological polar surface area (TPSA) is 97.7 Å². The molecule has 1 heterocycles. The van der Waals surface area contributed by atoms with Crippen molar-refractivity contribution in [3.63, 3.8) is 0 Å². The minimum absolute atomic E-state index is 0.0568. The lowest BCUT2D eigenvalue weighted by Gasteiger charge is -2.06. The summed E-state index contributed by atoms with van der Waals surface area (Å²) in [7, 11) is 0. The fraction of sp³-hybridized carbons (Fsp3) is 0.154. The lowest BCUT2D eigenvalue weighted by molar-refractivity contribution is 0.0949. The van der Waals surface area contributed by atoms with Crippen molar-refractivity contribution in [2.45, 2.75) is 13.2 Å². The normalized spacial score (nSPS) is 10.2. The number of benzene rings is 1. The molecule has 0 bridgehead atoms. The van der Waals surface area contributed by atoms with E-state index in [0.29, 0.717) is 17.1 Å². The summed E-state index contributed by atoms with van der Waals surface area (Å²) < 4.78 is 10.7. The van der Waals surface area contributed by atoms with Crippen molar-refractivity contribution < 1.29 is 19.1 Å². The van der Waals surface area contributed by atoms with Crippen LogP contribution in [0.25, 0.3) is 0 Å². The number of hydrazine groups is 1. The first kappa shape index (κ1) is 13.1. The minimum Gasteiger partial charge on any atom is -0.486 e. The van der Waals surface area contributed by atoms with Gasteiger partial charge in [-0.2, -0.15) is 0 Å². The van der Waals surface area contributed by atoms with Crippen LogP contribution in [0.15, 0.2) is 41.0 Å². The monoisotopic (exact) mass is 262 g/mol. The van der Waals surface area contributed by atoms with Gasteiger partial charge in [0.15, 0.2) is 5.76 Å². The van der Waals surface area contributed by atoms with Crippen molar-refractivity contribution in [2.75, 3.05) is 0 Å². The fourth-order valence-electron chi connectivity index (χ4n) is 1.61. The molecule has 0 atom stereocenters. The molecule has 0 unspecified atom stereocenters. The summed E-state index contributed by atoms with van der Waals surface area (Å²) in [5, 5.41) is 9.02. The van der Waals surface area contributed by atoms with Crippen molar-refractivity contribution in [1.82, 2.24) is 5.43 Å².